The van der Waals surface area contributed by atoms with Crippen molar-refractivity contribution in [3.8, 4) is 0 Å². The van der Waals surface area contributed by atoms with Gasteiger partial charge in [-0.2, -0.15) is 0 Å². The van der Waals surface area contributed by atoms with Crippen molar-refractivity contribution in [1.82, 2.24) is 4.98 Å². The highest BCUT2D eigenvalue weighted by Gasteiger charge is 2.37. The number of nitrogens with zero attached hydrogens (tertiary/aromatic N) is 2. The Balaban J connectivity index is 2.42. The molecule has 0 bridgehead atoms. The summed E-state index contributed by atoms with van der Waals surface area (Å²) in [5.41, 5.74) is -0.191. The van der Waals surface area contributed by atoms with Crippen molar-refractivity contribution >= 4 is 35.3 Å². The number of carbonyl (C=O) groups excluding carboxylic acids is 1. The van der Waals surface area contributed by atoms with Gasteiger partial charge in [-0.25, -0.2) is 9.78 Å². The second kappa shape index (κ2) is 4.85. The third-order valence-electron chi connectivity index (χ3n) is 2.80. The number of carboxylic acids is 2. The van der Waals surface area contributed by atoms with E-state index in [2.05, 4.69) is 4.98 Å². The van der Waals surface area contributed by atoms with Crippen molar-refractivity contribution in [2.75, 3.05) is 11.4 Å². The molecule has 2 rings (SSSR count). The van der Waals surface area contributed by atoms with Gasteiger partial charge in [0.25, 0.3) is 0 Å². The maximum atomic E-state index is 11.8. The van der Waals surface area contributed by atoms with Gasteiger partial charge in [0.1, 0.15) is 10.7 Å². The minimum atomic E-state index is -1.26. The summed E-state index contributed by atoms with van der Waals surface area (Å²) >= 11 is 5.69. The molecule has 1 aromatic rings. The fourth-order valence-corrected chi connectivity index (χ4v) is 2.02. The van der Waals surface area contributed by atoms with Crippen LogP contribution in [0.5, 0.6) is 0 Å². The molecule has 0 saturated carbocycles. The number of anilines is 1. The van der Waals surface area contributed by atoms with Gasteiger partial charge in [0.2, 0.25) is 5.91 Å². The van der Waals surface area contributed by atoms with Crippen LogP contribution in [0.3, 0.4) is 0 Å². The van der Waals surface area contributed by atoms with Crippen molar-refractivity contribution < 1.29 is 24.6 Å². The van der Waals surface area contributed by atoms with Crippen molar-refractivity contribution in [2.24, 2.45) is 5.92 Å². The molecule has 7 nitrogen and oxygen atoms in total. The highest BCUT2D eigenvalue weighted by Crippen LogP contribution is 2.28. The molecule has 0 spiro atoms. The molecule has 1 fully saturated rings. The summed E-state index contributed by atoms with van der Waals surface area (Å²) in [6, 6.07) is 2.53. The number of aliphatic carboxylic acids is 1. The molecule has 1 atom stereocenters. The number of hydrogen-bond acceptors (Lipinski definition) is 4. The summed E-state index contributed by atoms with van der Waals surface area (Å²) in [4.78, 5) is 38.6. The zero-order valence-electron chi connectivity index (χ0n) is 9.54. The Bertz CT molecular complexity index is 574. The van der Waals surface area contributed by atoms with Crippen LogP contribution in [0, 0.1) is 5.92 Å². The Morgan fingerprint density at radius 1 is 1.37 bits per heavy atom. The van der Waals surface area contributed by atoms with Crippen molar-refractivity contribution in [3.63, 3.8) is 0 Å². The van der Waals surface area contributed by atoms with Gasteiger partial charge in [-0.15, -0.1) is 0 Å². The van der Waals surface area contributed by atoms with E-state index in [0.29, 0.717) is 0 Å². The lowest BCUT2D eigenvalue weighted by atomic mass is 10.1. The maximum absolute atomic E-state index is 11.8. The topological polar surface area (TPSA) is 108 Å². The predicted octanol–water partition coefficient (Wildman–Crippen LogP) is 0.871. The smallest absolute Gasteiger partial charge is 0.339 e. The van der Waals surface area contributed by atoms with Crippen LogP contribution in [-0.4, -0.2) is 39.6 Å². The summed E-state index contributed by atoms with van der Waals surface area (Å²) in [7, 11) is 0. The highest BCUT2D eigenvalue weighted by molar-refractivity contribution is 6.29. The Labute approximate surface area is 112 Å². The molecular weight excluding hydrogens is 276 g/mol. The first-order valence-corrected chi connectivity index (χ1v) is 5.71. The quantitative estimate of drug-likeness (QED) is 0.797. The average molecular weight is 285 g/mol. The summed E-state index contributed by atoms with van der Waals surface area (Å²) in [5.74, 6) is -3.83. The third-order valence-corrected chi connectivity index (χ3v) is 3.01. The number of carbonyl (C=O) groups is 3. The maximum Gasteiger partial charge on any atom is 0.339 e. The molecule has 1 amide bonds. The molecule has 0 aromatic carbocycles. The molecular formula is C11H9ClN2O5. The first-order valence-electron chi connectivity index (χ1n) is 5.33. The molecule has 8 heteroatoms. The van der Waals surface area contributed by atoms with Gasteiger partial charge in [0.05, 0.1) is 5.92 Å². The van der Waals surface area contributed by atoms with Gasteiger partial charge in [0, 0.05) is 13.0 Å². The molecule has 19 heavy (non-hydrogen) atoms. The van der Waals surface area contributed by atoms with E-state index in [0.717, 1.165) is 4.90 Å². The minimum absolute atomic E-state index is 0.0339. The third kappa shape index (κ3) is 2.50. The van der Waals surface area contributed by atoms with Crippen LogP contribution in [0.2, 0.25) is 5.15 Å². The van der Waals surface area contributed by atoms with Crippen molar-refractivity contribution in [3.05, 3.63) is 22.8 Å². The van der Waals surface area contributed by atoms with Gasteiger partial charge >= 0.3 is 11.9 Å². The lowest BCUT2D eigenvalue weighted by Crippen LogP contribution is -2.28. The second-order valence-electron chi connectivity index (χ2n) is 4.05. The number of pyridine rings is 1. The van der Waals surface area contributed by atoms with Crippen LogP contribution < -0.4 is 4.90 Å². The molecule has 1 aromatic heterocycles. The number of amides is 1. The number of halogens is 1. The number of carboxylic acid groups (broad SMARTS) is 2. The van der Waals surface area contributed by atoms with Crippen LogP contribution >= 0.6 is 11.6 Å². The van der Waals surface area contributed by atoms with Crippen molar-refractivity contribution in [2.45, 2.75) is 6.42 Å². The van der Waals surface area contributed by atoms with E-state index in [1.807, 2.05) is 0 Å². The van der Waals surface area contributed by atoms with Crippen LogP contribution in [0.15, 0.2) is 12.1 Å². The van der Waals surface area contributed by atoms with Crippen molar-refractivity contribution in [1.29, 1.82) is 0 Å². The summed E-state index contributed by atoms with van der Waals surface area (Å²) in [5, 5.41) is 18.0. The summed E-state index contributed by atoms with van der Waals surface area (Å²) in [6.07, 6.45) is -0.178. The molecule has 2 N–H and O–H groups in total. The van der Waals surface area contributed by atoms with E-state index >= 15 is 0 Å². The molecule has 1 saturated heterocycles. The zero-order chi connectivity index (χ0) is 14.2. The molecule has 0 radical (unpaired) electrons. The van der Waals surface area contributed by atoms with E-state index < -0.39 is 23.8 Å². The Hall–Kier alpha value is -2.15. The average Bonchev–Trinajstić information content (AvgIpc) is 2.71. The van der Waals surface area contributed by atoms with E-state index in [1.165, 1.54) is 12.1 Å². The molecule has 1 aliphatic heterocycles. The van der Waals surface area contributed by atoms with Gasteiger partial charge in [0.15, 0.2) is 5.82 Å². The molecule has 1 unspecified atom stereocenters. The van der Waals surface area contributed by atoms with Gasteiger partial charge in [-0.05, 0) is 12.1 Å². The number of hydrogen-bond donors (Lipinski definition) is 2. The minimum Gasteiger partial charge on any atom is -0.481 e. The van der Waals surface area contributed by atoms with E-state index in [4.69, 9.17) is 21.8 Å². The lowest BCUT2D eigenvalue weighted by molar-refractivity contribution is -0.141. The summed E-state index contributed by atoms with van der Waals surface area (Å²) < 4.78 is 0. The highest BCUT2D eigenvalue weighted by atomic mass is 35.5. The Morgan fingerprint density at radius 2 is 2.05 bits per heavy atom. The normalized spacial score (nSPS) is 18.7. The van der Waals surface area contributed by atoms with Crippen LogP contribution in [0.1, 0.15) is 16.8 Å². The molecule has 1 aliphatic rings. The number of rotatable bonds is 3. The van der Waals surface area contributed by atoms with E-state index in [9.17, 15) is 14.4 Å². The van der Waals surface area contributed by atoms with E-state index in [-0.39, 0.29) is 29.5 Å². The van der Waals surface area contributed by atoms with Gasteiger partial charge in [-0.1, -0.05) is 11.6 Å². The fraction of sp³-hybridized carbons (Fsp3) is 0.273. The first-order chi connectivity index (χ1) is 8.90. The zero-order valence-corrected chi connectivity index (χ0v) is 10.3. The predicted molar refractivity (Wildman–Crippen MR) is 64.3 cm³/mol. The molecule has 2 heterocycles. The van der Waals surface area contributed by atoms with Crippen LogP contribution in [-0.2, 0) is 9.59 Å². The van der Waals surface area contributed by atoms with E-state index in [1.54, 1.807) is 0 Å². The molecule has 0 aliphatic carbocycles. The number of aromatic carboxylic acids is 1. The standard InChI is InChI=1S/C11H9ClN2O5/c12-7-2-1-6(11(18)19)9(13-7)14-4-5(10(16)17)3-8(14)15/h1-2,5H,3-4H2,(H,16,17)(H,18,19). The monoisotopic (exact) mass is 284 g/mol. The fourth-order valence-electron chi connectivity index (χ4n) is 1.88. The lowest BCUT2D eigenvalue weighted by Gasteiger charge is -2.17. The molecule has 100 valence electrons. The Morgan fingerprint density at radius 3 is 2.58 bits per heavy atom. The Kier molecular flexibility index (Phi) is 3.39. The van der Waals surface area contributed by atoms with Gasteiger partial charge < -0.3 is 10.2 Å². The van der Waals surface area contributed by atoms with Crippen LogP contribution in [0.4, 0.5) is 5.82 Å². The second-order valence-corrected chi connectivity index (χ2v) is 4.44. The largest absolute Gasteiger partial charge is 0.481 e. The van der Waals surface area contributed by atoms with Gasteiger partial charge in [-0.3, -0.25) is 14.5 Å². The number of aromatic nitrogens is 1. The van der Waals surface area contributed by atoms with Crippen LogP contribution in [0.25, 0.3) is 0 Å². The SMILES string of the molecule is O=C(O)c1ccc(Cl)nc1N1CC(C(=O)O)CC1=O. The summed E-state index contributed by atoms with van der Waals surface area (Å²) in [6.45, 7) is -0.109. The first kappa shape index (κ1) is 13.3.